The Balaban J connectivity index is 2.98. The number of aryl methyl sites for hydroxylation is 1. The molecule has 1 aromatic rings. The predicted octanol–water partition coefficient (Wildman–Crippen LogP) is 3.05. The zero-order valence-electron chi connectivity index (χ0n) is 11.8. The Labute approximate surface area is 120 Å². The van der Waals surface area contributed by atoms with Gasteiger partial charge in [-0.15, -0.1) is 0 Å². The van der Waals surface area contributed by atoms with Gasteiger partial charge in [-0.3, -0.25) is 4.79 Å². The number of anilines is 1. The zero-order chi connectivity index (χ0) is 14.4. The third kappa shape index (κ3) is 4.03. The largest absolute Gasteiger partial charge is 0.393 e. The van der Waals surface area contributed by atoms with E-state index in [0.29, 0.717) is 13.0 Å². The summed E-state index contributed by atoms with van der Waals surface area (Å²) in [6.45, 7) is 6.63. The Morgan fingerprint density at radius 3 is 2.32 bits per heavy atom. The summed E-state index contributed by atoms with van der Waals surface area (Å²) in [4.78, 5) is 14.6. The number of hydrogen-bond donors (Lipinski definition) is 1. The van der Waals surface area contributed by atoms with Crippen molar-refractivity contribution in [2.24, 2.45) is 11.7 Å². The molecular weight excluding hydrogens is 256 g/mol. The van der Waals surface area contributed by atoms with Crippen molar-refractivity contribution in [2.75, 3.05) is 11.4 Å². The van der Waals surface area contributed by atoms with E-state index in [1.165, 1.54) is 5.56 Å². The Hall–Kier alpha value is -1.42. The Morgan fingerprint density at radius 2 is 1.89 bits per heavy atom. The highest BCUT2D eigenvalue weighted by Crippen LogP contribution is 2.19. The van der Waals surface area contributed by atoms with E-state index in [0.717, 1.165) is 12.1 Å². The number of thiocarbonyl (C=S) groups is 1. The molecule has 2 N–H and O–H groups in total. The van der Waals surface area contributed by atoms with Gasteiger partial charge in [-0.1, -0.05) is 43.3 Å². The summed E-state index contributed by atoms with van der Waals surface area (Å²) < 4.78 is 0. The molecule has 4 heteroatoms. The van der Waals surface area contributed by atoms with Crippen LogP contribution in [0.1, 0.15) is 32.3 Å². The van der Waals surface area contributed by atoms with E-state index >= 15 is 0 Å². The van der Waals surface area contributed by atoms with Crippen LogP contribution in [-0.4, -0.2) is 17.4 Å². The summed E-state index contributed by atoms with van der Waals surface area (Å²) in [5, 5.41) is 0. The Kier molecular flexibility index (Phi) is 5.96. The molecule has 0 aliphatic carbocycles. The van der Waals surface area contributed by atoms with Crippen LogP contribution in [0.3, 0.4) is 0 Å². The smallest absolute Gasteiger partial charge is 0.236 e. The van der Waals surface area contributed by atoms with E-state index in [2.05, 4.69) is 0 Å². The molecule has 104 valence electrons. The van der Waals surface area contributed by atoms with Crippen molar-refractivity contribution in [1.82, 2.24) is 0 Å². The van der Waals surface area contributed by atoms with Crippen molar-refractivity contribution in [2.45, 2.75) is 33.6 Å². The van der Waals surface area contributed by atoms with Crippen LogP contribution < -0.4 is 10.6 Å². The molecule has 0 aliphatic rings. The molecule has 1 rings (SSSR count). The molecule has 0 aromatic heterocycles. The first-order valence-electron chi connectivity index (χ1n) is 6.68. The van der Waals surface area contributed by atoms with Crippen molar-refractivity contribution in [3.8, 4) is 0 Å². The third-order valence-electron chi connectivity index (χ3n) is 3.15. The second-order valence-corrected chi connectivity index (χ2v) is 5.13. The first-order valence-corrected chi connectivity index (χ1v) is 7.09. The van der Waals surface area contributed by atoms with E-state index in [9.17, 15) is 4.79 Å². The molecule has 3 nitrogen and oxygen atoms in total. The highest BCUT2D eigenvalue weighted by atomic mass is 32.1. The van der Waals surface area contributed by atoms with Crippen LogP contribution in [-0.2, 0) is 4.79 Å². The quantitative estimate of drug-likeness (QED) is 0.814. The average Bonchev–Trinajstić information content (AvgIpc) is 2.38. The van der Waals surface area contributed by atoms with Gasteiger partial charge >= 0.3 is 0 Å². The van der Waals surface area contributed by atoms with Gasteiger partial charge in [0, 0.05) is 12.2 Å². The SMILES string of the molecule is CCCC(C(=O)N(CC)c1ccc(C)cc1)C(N)=S. The third-order valence-corrected chi connectivity index (χ3v) is 3.43. The fraction of sp³-hybridized carbons (Fsp3) is 0.467. The molecule has 0 saturated heterocycles. The van der Waals surface area contributed by atoms with Crippen LogP contribution in [0.25, 0.3) is 0 Å². The molecular formula is C15H22N2OS. The van der Waals surface area contributed by atoms with Gasteiger partial charge in [0.05, 0.1) is 10.9 Å². The van der Waals surface area contributed by atoms with Gasteiger partial charge in [-0.05, 0) is 32.4 Å². The molecule has 0 aliphatic heterocycles. The molecule has 0 saturated carbocycles. The average molecular weight is 278 g/mol. The van der Waals surface area contributed by atoms with Gasteiger partial charge in [0.2, 0.25) is 5.91 Å². The number of benzene rings is 1. The molecule has 0 fully saturated rings. The Morgan fingerprint density at radius 1 is 1.32 bits per heavy atom. The number of rotatable bonds is 6. The lowest BCUT2D eigenvalue weighted by Gasteiger charge is -2.26. The zero-order valence-corrected chi connectivity index (χ0v) is 12.7. The van der Waals surface area contributed by atoms with Gasteiger partial charge in [0.1, 0.15) is 0 Å². The molecule has 0 radical (unpaired) electrons. The summed E-state index contributed by atoms with van der Waals surface area (Å²) in [6, 6.07) is 7.92. The minimum Gasteiger partial charge on any atom is -0.393 e. The summed E-state index contributed by atoms with van der Waals surface area (Å²) in [7, 11) is 0. The topological polar surface area (TPSA) is 46.3 Å². The lowest BCUT2D eigenvalue weighted by Crippen LogP contribution is -2.41. The minimum absolute atomic E-state index is 0.000651. The molecule has 1 atom stereocenters. The maximum atomic E-state index is 12.5. The molecule has 1 aromatic carbocycles. The van der Waals surface area contributed by atoms with E-state index in [1.807, 2.05) is 45.0 Å². The van der Waals surface area contributed by atoms with Gasteiger partial charge in [-0.2, -0.15) is 0 Å². The van der Waals surface area contributed by atoms with Crippen LogP contribution >= 0.6 is 12.2 Å². The number of carbonyl (C=O) groups is 1. The summed E-state index contributed by atoms with van der Waals surface area (Å²) >= 11 is 5.03. The van der Waals surface area contributed by atoms with Crippen LogP contribution in [0.5, 0.6) is 0 Å². The van der Waals surface area contributed by atoms with Crippen molar-refractivity contribution >= 4 is 28.8 Å². The van der Waals surface area contributed by atoms with Gasteiger partial charge in [0.25, 0.3) is 0 Å². The maximum absolute atomic E-state index is 12.5. The van der Waals surface area contributed by atoms with Gasteiger partial charge < -0.3 is 10.6 Å². The molecule has 1 unspecified atom stereocenters. The second-order valence-electron chi connectivity index (χ2n) is 4.66. The summed E-state index contributed by atoms with van der Waals surface area (Å²) in [5.41, 5.74) is 7.77. The molecule has 0 bridgehead atoms. The number of amides is 1. The minimum atomic E-state index is -0.360. The van der Waals surface area contributed by atoms with Crippen molar-refractivity contribution in [3.05, 3.63) is 29.8 Å². The van der Waals surface area contributed by atoms with E-state index in [4.69, 9.17) is 18.0 Å². The van der Waals surface area contributed by atoms with Gasteiger partial charge in [-0.25, -0.2) is 0 Å². The predicted molar refractivity (Wildman–Crippen MR) is 84.4 cm³/mol. The second kappa shape index (κ2) is 7.24. The molecule has 0 spiro atoms. The number of nitrogens with zero attached hydrogens (tertiary/aromatic N) is 1. The van der Waals surface area contributed by atoms with Crippen molar-refractivity contribution in [1.29, 1.82) is 0 Å². The highest BCUT2D eigenvalue weighted by Gasteiger charge is 2.25. The fourth-order valence-corrected chi connectivity index (χ4v) is 2.27. The number of hydrogen-bond acceptors (Lipinski definition) is 2. The first kappa shape index (κ1) is 15.6. The molecule has 1 amide bonds. The van der Waals surface area contributed by atoms with E-state index < -0.39 is 0 Å². The van der Waals surface area contributed by atoms with Crippen molar-refractivity contribution in [3.63, 3.8) is 0 Å². The lowest BCUT2D eigenvalue weighted by atomic mass is 10.0. The van der Waals surface area contributed by atoms with Crippen LogP contribution in [0, 0.1) is 12.8 Å². The summed E-state index contributed by atoms with van der Waals surface area (Å²) in [5.74, 6) is -0.359. The lowest BCUT2D eigenvalue weighted by molar-refractivity contribution is -0.120. The normalized spacial score (nSPS) is 11.9. The highest BCUT2D eigenvalue weighted by molar-refractivity contribution is 7.80. The van der Waals surface area contributed by atoms with E-state index in [-0.39, 0.29) is 16.8 Å². The number of nitrogens with two attached hydrogens (primary N) is 1. The van der Waals surface area contributed by atoms with Crippen LogP contribution in [0.15, 0.2) is 24.3 Å². The maximum Gasteiger partial charge on any atom is 0.236 e. The van der Waals surface area contributed by atoms with Crippen LogP contribution in [0.2, 0.25) is 0 Å². The Bertz CT molecular complexity index is 442. The van der Waals surface area contributed by atoms with Crippen LogP contribution in [0.4, 0.5) is 5.69 Å². The molecule has 19 heavy (non-hydrogen) atoms. The molecule has 0 heterocycles. The fourth-order valence-electron chi connectivity index (χ4n) is 2.05. The standard InChI is InChI=1S/C15H22N2OS/c1-4-6-13(14(16)19)15(18)17(5-2)12-9-7-11(3)8-10-12/h7-10,13H,4-6H2,1-3H3,(H2,16,19). The monoisotopic (exact) mass is 278 g/mol. The van der Waals surface area contributed by atoms with Gasteiger partial charge in [0.15, 0.2) is 0 Å². The number of carbonyl (C=O) groups excluding carboxylic acids is 1. The summed E-state index contributed by atoms with van der Waals surface area (Å²) in [6.07, 6.45) is 1.59. The van der Waals surface area contributed by atoms with Crippen molar-refractivity contribution < 1.29 is 4.79 Å². The van der Waals surface area contributed by atoms with E-state index in [1.54, 1.807) is 4.90 Å². The first-order chi connectivity index (χ1) is 9.01.